The molecular weight excluding hydrogens is 316 g/mol. The van der Waals surface area contributed by atoms with Crippen LogP contribution in [0.15, 0.2) is 0 Å². The van der Waals surface area contributed by atoms with Gasteiger partial charge in [-0.25, -0.2) is 0 Å². The first-order valence-corrected chi connectivity index (χ1v) is 9.71. The van der Waals surface area contributed by atoms with Crippen molar-refractivity contribution in [2.75, 3.05) is 19.7 Å². The fourth-order valence-electron chi connectivity index (χ4n) is 4.04. The summed E-state index contributed by atoms with van der Waals surface area (Å²) in [7, 11) is 0. The molecule has 2 N–H and O–H groups in total. The number of hydrogen-bond acceptors (Lipinski definition) is 4. The van der Waals surface area contributed by atoms with Gasteiger partial charge in [0.05, 0.1) is 18.8 Å². The van der Waals surface area contributed by atoms with Gasteiger partial charge in [-0.15, -0.1) is 0 Å². The van der Waals surface area contributed by atoms with Crippen molar-refractivity contribution < 1.29 is 9.90 Å². The molecule has 25 heavy (non-hydrogen) atoms. The Hall–Kier alpha value is -1.40. The molecule has 0 aromatic carbocycles. The quantitative estimate of drug-likeness (QED) is 0.786. The average Bonchev–Trinajstić information content (AvgIpc) is 3.42. The first-order chi connectivity index (χ1) is 12.0. The predicted octanol–water partition coefficient (Wildman–Crippen LogP) is 1.62. The van der Waals surface area contributed by atoms with Gasteiger partial charge < -0.3 is 15.3 Å². The summed E-state index contributed by atoms with van der Waals surface area (Å²) in [5, 5.41) is 17.4. The van der Waals surface area contributed by atoms with Crippen molar-refractivity contribution in [2.45, 2.75) is 65.6 Å². The molecule has 2 fully saturated rings. The molecule has 1 amide bonds. The number of amides is 1. The molecule has 0 radical (unpaired) electrons. The number of carbonyl (C=O) groups is 1. The third kappa shape index (κ3) is 4.06. The lowest BCUT2D eigenvalue weighted by atomic mass is 9.89. The zero-order chi connectivity index (χ0) is 18.0. The lowest BCUT2D eigenvalue weighted by Crippen LogP contribution is -2.51. The number of aliphatic hydroxyl groups excluding tert-OH is 1. The van der Waals surface area contributed by atoms with Crippen LogP contribution in [0, 0.1) is 25.7 Å². The van der Waals surface area contributed by atoms with Gasteiger partial charge in [0.15, 0.2) is 0 Å². The largest absolute Gasteiger partial charge is 0.394 e. The summed E-state index contributed by atoms with van der Waals surface area (Å²) in [5.41, 5.74) is 3.40. The van der Waals surface area contributed by atoms with Crippen molar-refractivity contribution in [3.8, 4) is 0 Å². The third-order valence-corrected chi connectivity index (χ3v) is 5.88. The standard InChI is InChI=1S/C19H32N4O2/c1-4-15-12-22(19(25)16-5-6-16)8-7-18(15)20-11-17-13(2)21-23(9-10-24)14(17)3/h15-16,18,20,24H,4-12H2,1-3H3. The van der Waals surface area contributed by atoms with Crippen molar-refractivity contribution in [2.24, 2.45) is 11.8 Å². The fraction of sp³-hybridized carbons (Fsp3) is 0.789. The van der Waals surface area contributed by atoms with Crippen LogP contribution in [0.5, 0.6) is 0 Å². The summed E-state index contributed by atoms with van der Waals surface area (Å²) < 4.78 is 1.89. The van der Waals surface area contributed by atoms with Crippen LogP contribution in [0.1, 0.15) is 49.6 Å². The van der Waals surface area contributed by atoms with Gasteiger partial charge in [-0.3, -0.25) is 9.48 Å². The Morgan fingerprint density at radius 3 is 2.72 bits per heavy atom. The number of aliphatic hydroxyl groups is 1. The van der Waals surface area contributed by atoms with Crippen LogP contribution < -0.4 is 5.32 Å². The summed E-state index contributed by atoms with van der Waals surface area (Å²) in [6, 6.07) is 0.452. The molecule has 2 atom stereocenters. The molecular formula is C19H32N4O2. The fourth-order valence-corrected chi connectivity index (χ4v) is 4.04. The molecule has 1 aromatic heterocycles. The van der Waals surface area contributed by atoms with Gasteiger partial charge >= 0.3 is 0 Å². The molecule has 1 aliphatic heterocycles. The van der Waals surface area contributed by atoms with Crippen LogP contribution in [-0.2, 0) is 17.9 Å². The minimum Gasteiger partial charge on any atom is -0.394 e. The number of piperidine rings is 1. The van der Waals surface area contributed by atoms with Crippen molar-refractivity contribution in [1.29, 1.82) is 0 Å². The second-order valence-corrected chi connectivity index (χ2v) is 7.60. The van der Waals surface area contributed by atoms with E-state index in [1.165, 1.54) is 5.56 Å². The lowest BCUT2D eigenvalue weighted by Gasteiger charge is -2.39. The van der Waals surface area contributed by atoms with Crippen molar-refractivity contribution in [3.63, 3.8) is 0 Å². The maximum atomic E-state index is 12.3. The highest BCUT2D eigenvalue weighted by atomic mass is 16.3. The number of hydrogen-bond donors (Lipinski definition) is 2. The summed E-state index contributed by atoms with van der Waals surface area (Å²) in [5.74, 6) is 1.23. The molecule has 6 heteroatoms. The van der Waals surface area contributed by atoms with E-state index in [0.717, 1.165) is 56.7 Å². The van der Waals surface area contributed by atoms with Gasteiger partial charge in [-0.1, -0.05) is 13.3 Å². The molecule has 1 saturated heterocycles. The predicted molar refractivity (Wildman–Crippen MR) is 97.1 cm³/mol. The van der Waals surface area contributed by atoms with Crippen molar-refractivity contribution in [3.05, 3.63) is 17.0 Å². The van der Waals surface area contributed by atoms with Crippen LogP contribution in [0.25, 0.3) is 0 Å². The highest BCUT2D eigenvalue weighted by Gasteiger charge is 2.37. The summed E-state index contributed by atoms with van der Waals surface area (Å²) in [6.07, 6.45) is 4.29. The highest BCUT2D eigenvalue weighted by Crippen LogP contribution is 2.33. The second kappa shape index (κ2) is 7.87. The topological polar surface area (TPSA) is 70.4 Å². The smallest absolute Gasteiger partial charge is 0.225 e. The minimum absolute atomic E-state index is 0.111. The van der Waals surface area contributed by atoms with E-state index in [0.29, 0.717) is 30.3 Å². The van der Waals surface area contributed by atoms with Crippen LogP contribution in [0.3, 0.4) is 0 Å². The Morgan fingerprint density at radius 1 is 1.32 bits per heavy atom. The molecule has 0 spiro atoms. The first kappa shape index (κ1) is 18.4. The summed E-state index contributed by atoms with van der Waals surface area (Å²) in [4.78, 5) is 14.4. The van der Waals surface area contributed by atoms with Crippen LogP contribution in [0.4, 0.5) is 0 Å². The van der Waals surface area contributed by atoms with Crippen molar-refractivity contribution >= 4 is 5.91 Å². The number of rotatable bonds is 7. The minimum atomic E-state index is 0.111. The molecule has 1 aromatic rings. The van der Waals surface area contributed by atoms with Crippen molar-refractivity contribution in [1.82, 2.24) is 20.0 Å². The van der Waals surface area contributed by atoms with Gasteiger partial charge in [0.25, 0.3) is 0 Å². The molecule has 2 aliphatic rings. The molecule has 0 bridgehead atoms. The highest BCUT2D eigenvalue weighted by molar-refractivity contribution is 5.81. The zero-order valence-corrected chi connectivity index (χ0v) is 15.8. The van der Waals surface area contributed by atoms with Gasteiger partial charge in [-0.2, -0.15) is 5.10 Å². The number of carbonyl (C=O) groups excluding carboxylic acids is 1. The number of aryl methyl sites for hydroxylation is 1. The van der Waals surface area contributed by atoms with Crippen LogP contribution >= 0.6 is 0 Å². The van der Waals surface area contributed by atoms with E-state index < -0.39 is 0 Å². The number of nitrogens with one attached hydrogen (secondary N) is 1. The zero-order valence-electron chi connectivity index (χ0n) is 15.8. The number of nitrogens with zero attached hydrogens (tertiary/aromatic N) is 3. The molecule has 6 nitrogen and oxygen atoms in total. The van der Waals surface area contributed by atoms with E-state index >= 15 is 0 Å². The SMILES string of the molecule is CCC1CN(C(=O)C2CC2)CCC1NCc1c(C)nn(CCO)c1C. The van der Waals surface area contributed by atoms with E-state index in [1.807, 2.05) is 11.6 Å². The maximum absolute atomic E-state index is 12.3. The van der Waals surface area contributed by atoms with Crippen LogP contribution in [0.2, 0.25) is 0 Å². The van der Waals surface area contributed by atoms with Crippen LogP contribution in [-0.4, -0.2) is 51.4 Å². The Balaban J connectivity index is 1.58. The van der Waals surface area contributed by atoms with Gasteiger partial charge in [-0.05, 0) is 39.0 Å². The molecule has 140 valence electrons. The monoisotopic (exact) mass is 348 g/mol. The Morgan fingerprint density at radius 2 is 2.08 bits per heavy atom. The number of likely N-dealkylation sites (tertiary alicyclic amines) is 1. The van der Waals surface area contributed by atoms with Gasteiger partial charge in [0.1, 0.15) is 0 Å². The summed E-state index contributed by atoms with van der Waals surface area (Å²) in [6.45, 7) is 9.57. The maximum Gasteiger partial charge on any atom is 0.225 e. The van der Waals surface area contributed by atoms with Gasteiger partial charge in [0.2, 0.25) is 5.91 Å². The molecule has 2 unspecified atom stereocenters. The van der Waals surface area contributed by atoms with E-state index in [4.69, 9.17) is 5.11 Å². The Bertz CT molecular complexity index is 609. The lowest BCUT2D eigenvalue weighted by molar-refractivity contribution is -0.134. The third-order valence-electron chi connectivity index (χ3n) is 5.88. The normalized spacial score (nSPS) is 23.9. The van der Waals surface area contributed by atoms with E-state index in [9.17, 15) is 4.79 Å². The molecule has 1 saturated carbocycles. The molecule has 2 heterocycles. The molecule has 1 aliphatic carbocycles. The first-order valence-electron chi connectivity index (χ1n) is 9.71. The molecule has 3 rings (SSSR count). The number of aromatic nitrogens is 2. The van der Waals surface area contributed by atoms with E-state index in [2.05, 4.69) is 29.2 Å². The second-order valence-electron chi connectivity index (χ2n) is 7.60. The van der Waals surface area contributed by atoms with E-state index in [1.54, 1.807) is 0 Å². The Labute approximate surface area is 150 Å². The average molecular weight is 348 g/mol. The Kier molecular flexibility index (Phi) is 5.79. The van der Waals surface area contributed by atoms with Gasteiger partial charge in [0, 0.05) is 42.9 Å². The van der Waals surface area contributed by atoms with E-state index in [-0.39, 0.29) is 6.61 Å². The summed E-state index contributed by atoms with van der Waals surface area (Å²) >= 11 is 0.